The first kappa shape index (κ1) is 14.5. The van der Waals surface area contributed by atoms with Gasteiger partial charge in [0.1, 0.15) is 0 Å². The molecule has 0 unspecified atom stereocenters. The third-order valence-electron chi connectivity index (χ3n) is 3.54. The first-order valence-corrected chi connectivity index (χ1v) is 7.25. The van der Waals surface area contributed by atoms with Crippen molar-refractivity contribution >= 4 is 0 Å². The molecule has 0 aromatic carbocycles. The standard InChI is InChI=1S/C17H30/c1-6-7-15-8-10-16(11-9-15)12-14(2)13-17(3,4)5/h8,16H,2,6-7,9-13H2,1,3-5H3/t16-/m1/s1. The molecule has 0 saturated heterocycles. The Morgan fingerprint density at radius 2 is 2.12 bits per heavy atom. The van der Waals surface area contributed by atoms with E-state index in [9.17, 15) is 0 Å². The van der Waals surface area contributed by atoms with Gasteiger partial charge in [0.25, 0.3) is 0 Å². The maximum absolute atomic E-state index is 4.27. The van der Waals surface area contributed by atoms with Crippen molar-refractivity contribution in [1.82, 2.24) is 0 Å². The molecule has 98 valence electrons. The average molecular weight is 234 g/mol. The summed E-state index contributed by atoms with van der Waals surface area (Å²) in [5.41, 5.74) is 3.55. The number of allylic oxidation sites excluding steroid dienone is 3. The van der Waals surface area contributed by atoms with Crippen molar-refractivity contribution in [2.24, 2.45) is 11.3 Å². The van der Waals surface area contributed by atoms with Crippen LogP contribution in [0.4, 0.5) is 0 Å². The zero-order valence-corrected chi connectivity index (χ0v) is 12.3. The second-order valence-corrected chi connectivity index (χ2v) is 6.94. The highest BCUT2D eigenvalue weighted by Gasteiger charge is 2.18. The summed E-state index contributed by atoms with van der Waals surface area (Å²) in [5.74, 6) is 0.866. The van der Waals surface area contributed by atoms with E-state index in [0.717, 1.165) is 5.92 Å². The van der Waals surface area contributed by atoms with Gasteiger partial charge in [-0.25, -0.2) is 0 Å². The fourth-order valence-corrected chi connectivity index (χ4v) is 2.91. The third-order valence-corrected chi connectivity index (χ3v) is 3.54. The molecular formula is C17H30. The molecule has 17 heavy (non-hydrogen) atoms. The molecule has 0 heterocycles. The molecule has 0 heteroatoms. The van der Waals surface area contributed by atoms with E-state index in [2.05, 4.69) is 40.3 Å². The van der Waals surface area contributed by atoms with Crippen molar-refractivity contribution in [1.29, 1.82) is 0 Å². The van der Waals surface area contributed by atoms with Crippen LogP contribution in [0, 0.1) is 11.3 Å². The predicted octanol–water partition coefficient (Wildman–Crippen LogP) is 5.90. The maximum Gasteiger partial charge on any atom is -0.0274 e. The molecule has 0 aromatic heterocycles. The summed E-state index contributed by atoms with van der Waals surface area (Å²) < 4.78 is 0. The summed E-state index contributed by atoms with van der Waals surface area (Å²) in [4.78, 5) is 0. The van der Waals surface area contributed by atoms with Crippen molar-refractivity contribution < 1.29 is 0 Å². The van der Waals surface area contributed by atoms with Crippen molar-refractivity contribution in [3.05, 3.63) is 23.8 Å². The quantitative estimate of drug-likeness (QED) is 0.520. The van der Waals surface area contributed by atoms with E-state index in [1.165, 1.54) is 50.5 Å². The smallest absolute Gasteiger partial charge is 0.0274 e. The molecule has 0 N–H and O–H groups in total. The molecular weight excluding hydrogens is 204 g/mol. The van der Waals surface area contributed by atoms with Crippen LogP contribution in [0.5, 0.6) is 0 Å². The Labute approximate surface area is 108 Å². The normalized spacial score (nSPS) is 21.2. The minimum absolute atomic E-state index is 0.398. The van der Waals surface area contributed by atoms with Gasteiger partial charge in [-0.1, -0.05) is 57.9 Å². The molecule has 0 aromatic rings. The SMILES string of the molecule is C=C(C[C@@H]1CC=C(CCC)CC1)CC(C)(C)C. The zero-order valence-electron chi connectivity index (χ0n) is 12.3. The van der Waals surface area contributed by atoms with Crippen LogP contribution in [0.25, 0.3) is 0 Å². The highest BCUT2D eigenvalue weighted by atomic mass is 14.2. The molecule has 0 spiro atoms. The summed E-state index contributed by atoms with van der Waals surface area (Å²) in [6.07, 6.45) is 11.5. The largest absolute Gasteiger partial charge is 0.0998 e. The van der Waals surface area contributed by atoms with Crippen LogP contribution in [0.1, 0.15) is 72.6 Å². The van der Waals surface area contributed by atoms with E-state index in [0.29, 0.717) is 5.41 Å². The van der Waals surface area contributed by atoms with E-state index in [1.54, 1.807) is 5.57 Å². The molecule has 0 nitrogen and oxygen atoms in total. The molecule has 0 bridgehead atoms. The molecule has 1 aliphatic carbocycles. The first-order valence-electron chi connectivity index (χ1n) is 7.25. The zero-order chi connectivity index (χ0) is 12.9. The number of hydrogen-bond donors (Lipinski definition) is 0. The van der Waals surface area contributed by atoms with Crippen LogP contribution >= 0.6 is 0 Å². The highest BCUT2D eigenvalue weighted by molar-refractivity contribution is 5.09. The Morgan fingerprint density at radius 1 is 1.41 bits per heavy atom. The van der Waals surface area contributed by atoms with Gasteiger partial charge in [-0.05, 0) is 49.9 Å². The van der Waals surface area contributed by atoms with Crippen LogP contribution in [0.2, 0.25) is 0 Å². The van der Waals surface area contributed by atoms with Gasteiger partial charge in [-0.2, -0.15) is 0 Å². The monoisotopic (exact) mass is 234 g/mol. The number of rotatable bonds is 5. The minimum Gasteiger partial charge on any atom is -0.0998 e. The molecule has 1 aliphatic rings. The molecule has 0 amide bonds. The Balaban J connectivity index is 2.33. The summed E-state index contributed by atoms with van der Waals surface area (Å²) in [7, 11) is 0. The van der Waals surface area contributed by atoms with Gasteiger partial charge >= 0.3 is 0 Å². The summed E-state index contributed by atoms with van der Waals surface area (Å²) in [5, 5.41) is 0. The van der Waals surface area contributed by atoms with E-state index in [1.807, 2.05) is 0 Å². The Hall–Kier alpha value is -0.520. The van der Waals surface area contributed by atoms with Gasteiger partial charge in [0.15, 0.2) is 0 Å². The molecule has 0 saturated carbocycles. The molecule has 1 atom stereocenters. The Kier molecular flexibility index (Phi) is 5.49. The van der Waals surface area contributed by atoms with Crippen LogP contribution in [-0.4, -0.2) is 0 Å². The lowest BCUT2D eigenvalue weighted by Gasteiger charge is -2.25. The van der Waals surface area contributed by atoms with Crippen molar-refractivity contribution in [3.8, 4) is 0 Å². The van der Waals surface area contributed by atoms with Crippen LogP contribution in [-0.2, 0) is 0 Å². The fourth-order valence-electron chi connectivity index (χ4n) is 2.91. The van der Waals surface area contributed by atoms with Gasteiger partial charge in [0, 0.05) is 0 Å². The average Bonchev–Trinajstić information content (AvgIpc) is 2.18. The summed E-state index contributed by atoms with van der Waals surface area (Å²) >= 11 is 0. The lowest BCUT2D eigenvalue weighted by molar-refractivity contribution is 0.383. The van der Waals surface area contributed by atoms with Crippen molar-refractivity contribution in [2.45, 2.75) is 72.6 Å². The Morgan fingerprint density at radius 3 is 2.59 bits per heavy atom. The summed E-state index contributed by atoms with van der Waals surface area (Å²) in [6, 6.07) is 0. The van der Waals surface area contributed by atoms with Crippen LogP contribution in [0.3, 0.4) is 0 Å². The van der Waals surface area contributed by atoms with E-state index in [4.69, 9.17) is 0 Å². The predicted molar refractivity (Wildman–Crippen MR) is 78.2 cm³/mol. The van der Waals surface area contributed by atoms with E-state index >= 15 is 0 Å². The second-order valence-electron chi connectivity index (χ2n) is 6.94. The Bertz CT molecular complexity index is 275. The topological polar surface area (TPSA) is 0 Å². The lowest BCUT2D eigenvalue weighted by Crippen LogP contribution is -2.11. The van der Waals surface area contributed by atoms with Crippen LogP contribution < -0.4 is 0 Å². The first-order chi connectivity index (χ1) is 7.90. The van der Waals surface area contributed by atoms with Crippen molar-refractivity contribution in [2.75, 3.05) is 0 Å². The van der Waals surface area contributed by atoms with Gasteiger partial charge in [-0.15, -0.1) is 0 Å². The fraction of sp³-hybridized carbons (Fsp3) is 0.765. The third kappa shape index (κ3) is 6.10. The molecule has 0 aliphatic heterocycles. The lowest BCUT2D eigenvalue weighted by atomic mass is 9.80. The minimum atomic E-state index is 0.398. The number of hydrogen-bond acceptors (Lipinski definition) is 0. The second kappa shape index (κ2) is 6.42. The highest BCUT2D eigenvalue weighted by Crippen LogP contribution is 2.33. The van der Waals surface area contributed by atoms with Gasteiger partial charge in [0.2, 0.25) is 0 Å². The molecule has 0 fully saturated rings. The summed E-state index contributed by atoms with van der Waals surface area (Å²) in [6.45, 7) is 13.5. The van der Waals surface area contributed by atoms with Gasteiger partial charge in [-0.3, -0.25) is 0 Å². The van der Waals surface area contributed by atoms with Crippen LogP contribution in [0.15, 0.2) is 23.8 Å². The van der Waals surface area contributed by atoms with E-state index < -0.39 is 0 Å². The molecule has 1 rings (SSSR count). The molecule has 0 radical (unpaired) electrons. The van der Waals surface area contributed by atoms with E-state index in [-0.39, 0.29) is 0 Å². The maximum atomic E-state index is 4.27. The van der Waals surface area contributed by atoms with Gasteiger partial charge in [0.05, 0.1) is 0 Å². The van der Waals surface area contributed by atoms with Crippen molar-refractivity contribution in [3.63, 3.8) is 0 Å². The van der Waals surface area contributed by atoms with Gasteiger partial charge < -0.3 is 0 Å².